The van der Waals surface area contributed by atoms with Gasteiger partial charge in [-0.25, -0.2) is 13.8 Å². The lowest BCUT2D eigenvalue weighted by Crippen LogP contribution is -2.15. The first-order valence-corrected chi connectivity index (χ1v) is 6.41. The summed E-state index contributed by atoms with van der Waals surface area (Å²) >= 11 is 4.93. The molecule has 0 radical (unpaired) electrons. The quantitative estimate of drug-likeness (QED) is 0.832. The zero-order chi connectivity index (χ0) is 14.5. The number of aromatic nitrogens is 1. The third kappa shape index (κ3) is 3.71. The fourth-order valence-electron chi connectivity index (χ4n) is 1.83. The van der Waals surface area contributed by atoms with E-state index in [4.69, 9.17) is 18.0 Å². The second-order valence-corrected chi connectivity index (χ2v) is 4.66. The lowest BCUT2D eigenvalue weighted by atomic mass is 10.1. The predicted molar refractivity (Wildman–Crippen MR) is 78.7 cm³/mol. The second-order valence-electron chi connectivity index (χ2n) is 4.22. The zero-order valence-electron chi connectivity index (χ0n) is 10.6. The highest BCUT2D eigenvalue weighted by Gasteiger charge is 2.06. The Morgan fingerprint density at radius 1 is 1.25 bits per heavy atom. The van der Waals surface area contributed by atoms with Crippen LogP contribution >= 0.6 is 12.2 Å². The number of pyridine rings is 1. The molecule has 0 unspecified atom stereocenters. The van der Waals surface area contributed by atoms with Crippen LogP contribution in [-0.2, 0) is 6.42 Å². The van der Waals surface area contributed by atoms with Gasteiger partial charge in [-0.1, -0.05) is 12.2 Å². The van der Waals surface area contributed by atoms with Gasteiger partial charge in [0.1, 0.15) is 22.4 Å². The lowest BCUT2D eigenvalue weighted by Gasteiger charge is -2.09. The van der Waals surface area contributed by atoms with Gasteiger partial charge in [0, 0.05) is 18.8 Å². The summed E-state index contributed by atoms with van der Waals surface area (Å²) in [7, 11) is 0. The summed E-state index contributed by atoms with van der Waals surface area (Å²) in [5.74, 6) is -0.597. The minimum atomic E-state index is -0.582. The second kappa shape index (κ2) is 6.38. The number of nitrogens with two attached hydrogens (primary N) is 1. The smallest absolute Gasteiger partial charge is 0.136 e. The molecule has 0 atom stereocenters. The molecule has 0 spiro atoms. The summed E-state index contributed by atoms with van der Waals surface area (Å²) in [5.41, 5.74) is 6.81. The summed E-state index contributed by atoms with van der Waals surface area (Å²) in [6, 6.07) is 6.96. The molecule has 1 heterocycles. The van der Waals surface area contributed by atoms with Crippen molar-refractivity contribution in [3.63, 3.8) is 0 Å². The van der Waals surface area contributed by atoms with Crippen LogP contribution in [0.25, 0.3) is 0 Å². The number of nitrogens with zero attached hydrogens (tertiary/aromatic N) is 1. The van der Waals surface area contributed by atoms with Gasteiger partial charge in [-0.15, -0.1) is 0 Å². The zero-order valence-corrected chi connectivity index (χ0v) is 11.4. The molecule has 0 amide bonds. The van der Waals surface area contributed by atoms with E-state index >= 15 is 0 Å². The number of anilines is 1. The maximum atomic E-state index is 13.0. The SMILES string of the molecule is NC(=S)c1cccnc1NCCc1cc(F)cc(F)c1. The Labute approximate surface area is 120 Å². The summed E-state index contributed by atoms with van der Waals surface area (Å²) in [6.07, 6.45) is 2.08. The van der Waals surface area contributed by atoms with Crippen molar-refractivity contribution in [1.82, 2.24) is 4.98 Å². The van der Waals surface area contributed by atoms with Crippen LogP contribution in [0.4, 0.5) is 14.6 Å². The van der Waals surface area contributed by atoms with E-state index in [-0.39, 0.29) is 4.99 Å². The number of rotatable bonds is 5. The summed E-state index contributed by atoms with van der Waals surface area (Å²) in [4.78, 5) is 4.39. The molecule has 1 aromatic heterocycles. The van der Waals surface area contributed by atoms with Crippen LogP contribution < -0.4 is 11.1 Å². The van der Waals surface area contributed by atoms with Gasteiger partial charge in [-0.2, -0.15) is 0 Å². The van der Waals surface area contributed by atoms with Gasteiger partial charge in [-0.05, 0) is 36.2 Å². The van der Waals surface area contributed by atoms with E-state index in [1.54, 1.807) is 18.3 Å². The molecule has 0 bridgehead atoms. The fraction of sp³-hybridized carbons (Fsp3) is 0.143. The van der Waals surface area contributed by atoms with Crippen molar-refractivity contribution in [1.29, 1.82) is 0 Å². The van der Waals surface area contributed by atoms with Gasteiger partial charge in [-0.3, -0.25) is 0 Å². The minimum absolute atomic E-state index is 0.248. The molecule has 0 saturated carbocycles. The van der Waals surface area contributed by atoms with E-state index in [9.17, 15) is 8.78 Å². The highest BCUT2D eigenvalue weighted by molar-refractivity contribution is 7.80. The number of halogens is 2. The molecule has 20 heavy (non-hydrogen) atoms. The van der Waals surface area contributed by atoms with Crippen LogP contribution in [0.2, 0.25) is 0 Å². The van der Waals surface area contributed by atoms with Crippen molar-refractivity contribution >= 4 is 23.0 Å². The molecule has 2 aromatic rings. The average molecular weight is 293 g/mol. The number of benzene rings is 1. The normalized spacial score (nSPS) is 10.3. The number of thiocarbonyl (C=S) groups is 1. The summed E-state index contributed by atoms with van der Waals surface area (Å²) < 4.78 is 26.1. The van der Waals surface area contributed by atoms with Gasteiger partial charge in [0.15, 0.2) is 0 Å². The molecule has 6 heteroatoms. The molecule has 0 aliphatic rings. The van der Waals surface area contributed by atoms with Crippen molar-refractivity contribution in [3.8, 4) is 0 Å². The van der Waals surface area contributed by atoms with E-state index in [2.05, 4.69) is 10.3 Å². The van der Waals surface area contributed by atoms with Gasteiger partial charge >= 0.3 is 0 Å². The molecule has 3 N–H and O–H groups in total. The highest BCUT2D eigenvalue weighted by Crippen LogP contribution is 2.12. The van der Waals surface area contributed by atoms with Gasteiger partial charge in [0.25, 0.3) is 0 Å². The first-order chi connectivity index (χ1) is 9.56. The maximum Gasteiger partial charge on any atom is 0.136 e. The predicted octanol–water partition coefficient (Wildman–Crippen LogP) is 2.65. The minimum Gasteiger partial charge on any atom is -0.389 e. The van der Waals surface area contributed by atoms with Crippen molar-refractivity contribution in [2.75, 3.05) is 11.9 Å². The third-order valence-corrected chi connectivity index (χ3v) is 2.92. The molecule has 1 aromatic carbocycles. The van der Waals surface area contributed by atoms with Crippen molar-refractivity contribution in [2.24, 2.45) is 5.73 Å². The monoisotopic (exact) mass is 293 g/mol. The first kappa shape index (κ1) is 14.3. The molecule has 3 nitrogen and oxygen atoms in total. The van der Waals surface area contributed by atoms with Gasteiger partial charge in [0.05, 0.1) is 5.56 Å². The highest BCUT2D eigenvalue weighted by atomic mass is 32.1. The molecular weight excluding hydrogens is 280 g/mol. The van der Waals surface area contributed by atoms with Crippen molar-refractivity contribution in [3.05, 3.63) is 59.3 Å². The van der Waals surface area contributed by atoms with E-state index in [1.165, 1.54) is 12.1 Å². The Balaban J connectivity index is 2.01. The van der Waals surface area contributed by atoms with E-state index < -0.39 is 11.6 Å². The standard InChI is InChI=1S/C14H13F2N3S/c15-10-6-9(7-11(16)8-10)3-5-19-14-12(13(17)20)2-1-4-18-14/h1-2,4,6-8H,3,5H2,(H2,17,20)(H,18,19). The largest absolute Gasteiger partial charge is 0.389 e. The molecule has 0 fully saturated rings. The van der Waals surface area contributed by atoms with Crippen LogP contribution in [0.15, 0.2) is 36.5 Å². The fourth-order valence-corrected chi connectivity index (χ4v) is 1.99. The summed E-state index contributed by atoms with van der Waals surface area (Å²) in [5, 5.41) is 3.06. The molecule has 104 valence electrons. The van der Waals surface area contributed by atoms with Crippen LogP contribution in [0.1, 0.15) is 11.1 Å². The van der Waals surface area contributed by atoms with Crippen LogP contribution in [0.5, 0.6) is 0 Å². The summed E-state index contributed by atoms with van der Waals surface area (Å²) in [6.45, 7) is 0.468. The van der Waals surface area contributed by atoms with Crippen LogP contribution in [-0.4, -0.2) is 16.5 Å². The van der Waals surface area contributed by atoms with E-state index in [0.717, 1.165) is 6.07 Å². The Kier molecular flexibility index (Phi) is 4.57. The number of hydrogen-bond donors (Lipinski definition) is 2. The Morgan fingerprint density at radius 2 is 1.95 bits per heavy atom. The van der Waals surface area contributed by atoms with Crippen LogP contribution in [0, 0.1) is 11.6 Å². The Morgan fingerprint density at radius 3 is 2.60 bits per heavy atom. The van der Waals surface area contributed by atoms with Crippen LogP contribution in [0.3, 0.4) is 0 Å². The Hall–Kier alpha value is -2.08. The van der Waals surface area contributed by atoms with Crippen molar-refractivity contribution in [2.45, 2.75) is 6.42 Å². The Bertz CT molecular complexity index is 611. The third-order valence-electron chi connectivity index (χ3n) is 2.70. The lowest BCUT2D eigenvalue weighted by molar-refractivity contribution is 0.580. The molecule has 0 saturated heterocycles. The number of nitrogens with one attached hydrogen (secondary N) is 1. The average Bonchev–Trinajstić information content (AvgIpc) is 2.38. The molecule has 0 aliphatic carbocycles. The topological polar surface area (TPSA) is 50.9 Å². The first-order valence-electron chi connectivity index (χ1n) is 6.00. The molecule has 0 aliphatic heterocycles. The maximum absolute atomic E-state index is 13.0. The van der Waals surface area contributed by atoms with Crippen molar-refractivity contribution < 1.29 is 8.78 Å². The van der Waals surface area contributed by atoms with Gasteiger partial charge < -0.3 is 11.1 Å². The van der Waals surface area contributed by atoms with E-state index in [0.29, 0.717) is 29.9 Å². The van der Waals surface area contributed by atoms with E-state index in [1.807, 2.05) is 0 Å². The molecule has 2 rings (SSSR count). The number of hydrogen-bond acceptors (Lipinski definition) is 3. The van der Waals surface area contributed by atoms with Gasteiger partial charge in [0.2, 0.25) is 0 Å². The molecular formula is C14H13F2N3S.